The van der Waals surface area contributed by atoms with E-state index in [1.165, 1.54) is 13.2 Å². The average Bonchev–Trinajstić information content (AvgIpc) is 2.83. The summed E-state index contributed by atoms with van der Waals surface area (Å²) in [7, 11) is 5.12. The van der Waals surface area contributed by atoms with Crippen molar-refractivity contribution in [1.29, 1.82) is 0 Å². The first kappa shape index (κ1) is 17.3. The van der Waals surface area contributed by atoms with Gasteiger partial charge in [-0.15, -0.1) is 0 Å². The van der Waals surface area contributed by atoms with Gasteiger partial charge in [0.05, 0.1) is 7.11 Å². The molecule has 1 aliphatic heterocycles. The number of rotatable bonds is 5. The largest absolute Gasteiger partial charge is 0.468 e. The predicted octanol–water partition coefficient (Wildman–Crippen LogP) is 1.37. The van der Waals surface area contributed by atoms with Gasteiger partial charge in [-0.05, 0) is 23.8 Å². The van der Waals surface area contributed by atoms with Crippen LogP contribution >= 0.6 is 0 Å². The average molecular weight is 329 g/mol. The molecule has 1 fully saturated rings. The fourth-order valence-electron chi connectivity index (χ4n) is 2.06. The SMILES string of the molecule is COC(=O)CN1C(=O)N/C(=C/C=C/c2ccc(N(C)C)cc2)C1=O. The van der Waals surface area contributed by atoms with Crippen molar-refractivity contribution in [2.24, 2.45) is 0 Å². The van der Waals surface area contributed by atoms with Crippen LogP contribution in [-0.2, 0) is 14.3 Å². The fraction of sp³-hybridized carbons (Fsp3) is 0.235. The molecule has 1 saturated heterocycles. The lowest BCUT2D eigenvalue weighted by molar-refractivity contribution is -0.143. The number of allylic oxidation sites excluding steroid dienone is 2. The standard InChI is InChI=1S/C17H19N3O4/c1-19(2)13-9-7-12(8-10-13)5-4-6-14-16(22)20(17(23)18-14)11-15(21)24-3/h4-10H,11H2,1-3H3,(H,18,23)/b5-4+,14-6+. The molecule has 126 valence electrons. The number of urea groups is 1. The van der Waals surface area contributed by atoms with E-state index in [9.17, 15) is 14.4 Å². The Kier molecular flexibility index (Phi) is 5.36. The van der Waals surface area contributed by atoms with Crippen LogP contribution in [0, 0.1) is 0 Å². The normalized spacial score (nSPS) is 16.0. The Labute approximate surface area is 140 Å². The van der Waals surface area contributed by atoms with Gasteiger partial charge in [0.1, 0.15) is 12.2 Å². The van der Waals surface area contributed by atoms with Crippen LogP contribution in [0.4, 0.5) is 10.5 Å². The van der Waals surface area contributed by atoms with Gasteiger partial charge in [-0.25, -0.2) is 9.69 Å². The first-order chi connectivity index (χ1) is 11.4. The minimum absolute atomic E-state index is 0.116. The summed E-state index contributed by atoms with van der Waals surface area (Å²) in [6.45, 7) is -0.409. The fourth-order valence-corrected chi connectivity index (χ4v) is 2.06. The van der Waals surface area contributed by atoms with Gasteiger partial charge in [0.15, 0.2) is 0 Å². The third-order valence-corrected chi connectivity index (χ3v) is 3.44. The van der Waals surface area contributed by atoms with Crippen LogP contribution in [0.5, 0.6) is 0 Å². The zero-order chi connectivity index (χ0) is 17.7. The van der Waals surface area contributed by atoms with Gasteiger partial charge >= 0.3 is 12.0 Å². The molecule has 0 unspecified atom stereocenters. The van der Waals surface area contributed by atoms with Crippen LogP contribution in [0.2, 0.25) is 0 Å². The number of esters is 1. The Morgan fingerprint density at radius 3 is 2.50 bits per heavy atom. The number of nitrogens with one attached hydrogen (secondary N) is 1. The number of amides is 3. The summed E-state index contributed by atoms with van der Waals surface area (Å²) < 4.78 is 4.46. The van der Waals surface area contributed by atoms with Crippen LogP contribution in [0.15, 0.2) is 42.1 Å². The third-order valence-electron chi connectivity index (χ3n) is 3.44. The molecule has 2 rings (SSSR count). The molecule has 1 aliphatic rings. The molecule has 0 atom stereocenters. The molecule has 1 N–H and O–H groups in total. The maximum absolute atomic E-state index is 12.1. The Balaban J connectivity index is 2.05. The second-order valence-corrected chi connectivity index (χ2v) is 5.32. The third kappa shape index (κ3) is 4.01. The molecule has 0 aromatic heterocycles. The van der Waals surface area contributed by atoms with Gasteiger partial charge in [0.2, 0.25) is 0 Å². The van der Waals surface area contributed by atoms with E-state index in [1.54, 1.807) is 6.08 Å². The van der Waals surface area contributed by atoms with Crippen LogP contribution in [0.3, 0.4) is 0 Å². The van der Waals surface area contributed by atoms with E-state index < -0.39 is 24.5 Å². The summed E-state index contributed by atoms with van der Waals surface area (Å²) in [6, 6.07) is 7.22. The van der Waals surface area contributed by atoms with Crippen molar-refractivity contribution >= 4 is 29.7 Å². The maximum atomic E-state index is 12.1. The monoisotopic (exact) mass is 329 g/mol. The van der Waals surface area contributed by atoms with Crippen LogP contribution in [-0.4, -0.2) is 50.6 Å². The number of carbonyl (C=O) groups is 3. The highest BCUT2D eigenvalue weighted by Crippen LogP contribution is 2.14. The highest BCUT2D eigenvalue weighted by atomic mass is 16.5. The van der Waals surface area contributed by atoms with Crippen LogP contribution < -0.4 is 10.2 Å². The van der Waals surface area contributed by atoms with Crippen molar-refractivity contribution in [2.75, 3.05) is 32.6 Å². The Hall–Kier alpha value is -3.09. The van der Waals surface area contributed by atoms with Gasteiger partial charge in [0, 0.05) is 19.8 Å². The van der Waals surface area contributed by atoms with Gasteiger partial charge in [-0.1, -0.05) is 24.3 Å². The van der Waals surface area contributed by atoms with E-state index in [0.717, 1.165) is 16.2 Å². The summed E-state index contributed by atoms with van der Waals surface area (Å²) in [5, 5.41) is 2.43. The molecule has 0 saturated carbocycles. The summed E-state index contributed by atoms with van der Waals surface area (Å²) in [6.07, 6.45) is 4.98. The molecule has 24 heavy (non-hydrogen) atoms. The zero-order valence-corrected chi connectivity index (χ0v) is 13.8. The molecule has 1 heterocycles. The van der Waals surface area contributed by atoms with E-state index in [-0.39, 0.29) is 5.70 Å². The van der Waals surface area contributed by atoms with Crippen molar-refractivity contribution in [3.05, 3.63) is 47.7 Å². The highest BCUT2D eigenvalue weighted by Gasteiger charge is 2.34. The van der Waals surface area contributed by atoms with Crippen molar-refractivity contribution in [3.8, 4) is 0 Å². The molecular weight excluding hydrogens is 310 g/mol. The molecule has 0 spiro atoms. The minimum Gasteiger partial charge on any atom is -0.468 e. The van der Waals surface area contributed by atoms with Gasteiger partial charge in [0.25, 0.3) is 5.91 Å². The molecule has 1 aromatic carbocycles. The van der Waals surface area contributed by atoms with Crippen LogP contribution in [0.25, 0.3) is 6.08 Å². The molecule has 1 aromatic rings. The number of nitrogens with zero attached hydrogens (tertiary/aromatic N) is 2. The number of hydrogen-bond acceptors (Lipinski definition) is 5. The lowest BCUT2D eigenvalue weighted by Gasteiger charge is -2.11. The molecule has 3 amide bonds. The van der Waals surface area contributed by atoms with E-state index in [1.807, 2.05) is 49.3 Å². The number of anilines is 1. The molecule has 7 heteroatoms. The van der Waals surface area contributed by atoms with Gasteiger partial charge in [-0.3, -0.25) is 9.59 Å². The quantitative estimate of drug-likeness (QED) is 0.501. The summed E-state index contributed by atoms with van der Waals surface area (Å²) in [5.74, 6) is -1.21. The summed E-state index contributed by atoms with van der Waals surface area (Å²) in [5.41, 5.74) is 2.16. The van der Waals surface area contributed by atoms with Gasteiger partial charge < -0.3 is 15.0 Å². The molecule has 7 nitrogen and oxygen atoms in total. The van der Waals surface area contributed by atoms with Gasteiger partial charge in [-0.2, -0.15) is 0 Å². The van der Waals surface area contributed by atoms with Crippen molar-refractivity contribution in [2.45, 2.75) is 0 Å². The van der Waals surface area contributed by atoms with Crippen molar-refractivity contribution in [1.82, 2.24) is 10.2 Å². The topological polar surface area (TPSA) is 79.0 Å². The molecule has 0 radical (unpaired) electrons. The first-order valence-electron chi connectivity index (χ1n) is 7.28. The Bertz CT molecular complexity index is 705. The lowest BCUT2D eigenvalue weighted by atomic mass is 10.2. The second-order valence-electron chi connectivity index (χ2n) is 5.32. The number of benzene rings is 1. The predicted molar refractivity (Wildman–Crippen MR) is 90.1 cm³/mol. The number of imide groups is 1. The number of carbonyl (C=O) groups excluding carboxylic acids is 3. The zero-order valence-electron chi connectivity index (χ0n) is 13.8. The summed E-state index contributed by atoms with van der Waals surface area (Å²) >= 11 is 0. The Morgan fingerprint density at radius 2 is 1.92 bits per heavy atom. The minimum atomic E-state index is -0.656. The van der Waals surface area contributed by atoms with E-state index >= 15 is 0 Å². The van der Waals surface area contributed by atoms with E-state index in [4.69, 9.17) is 0 Å². The second kappa shape index (κ2) is 7.45. The maximum Gasteiger partial charge on any atom is 0.329 e. The number of ether oxygens (including phenoxy) is 1. The Morgan fingerprint density at radius 1 is 1.25 bits per heavy atom. The van der Waals surface area contributed by atoms with Crippen molar-refractivity contribution in [3.63, 3.8) is 0 Å². The highest BCUT2D eigenvalue weighted by molar-refractivity contribution is 6.13. The molecule has 0 bridgehead atoms. The molecular formula is C17H19N3O4. The number of hydrogen-bond donors (Lipinski definition) is 1. The smallest absolute Gasteiger partial charge is 0.329 e. The van der Waals surface area contributed by atoms with Crippen molar-refractivity contribution < 1.29 is 19.1 Å². The summed E-state index contributed by atoms with van der Waals surface area (Å²) in [4.78, 5) is 37.8. The van der Waals surface area contributed by atoms with E-state index in [2.05, 4.69) is 10.1 Å². The first-order valence-corrected chi connectivity index (χ1v) is 7.28. The lowest BCUT2D eigenvalue weighted by Crippen LogP contribution is -2.36. The number of methoxy groups -OCH3 is 1. The van der Waals surface area contributed by atoms with E-state index in [0.29, 0.717) is 0 Å². The molecule has 0 aliphatic carbocycles. The van der Waals surface area contributed by atoms with Crippen LogP contribution in [0.1, 0.15) is 5.56 Å².